The van der Waals surface area contributed by atoms with Gasteiger partial charge in [-0.3, -0.25) is 0 Å². The van der Waals surface area contributed by atoms with Crippen LogP contribution in [-0.4, -0.2) is 39.4 Å². The monoisotopic (exact) mass is 382 g/mol. The van der Waals surface area contributed by atoms with E-state index in [-0.39, 0.29) is 5.56 Å². The van der Waals surface area contributed by atoms with E-state index < -0.39 is 5.97 Å². The van der Waals surface area contributed by atoms with E-state index in [9.17, 15) is 9.90 Å². The molecule has 2 aromatic rings. The van der Waals surface area contributed by atoms with E-state index in [0.29, 0.717) is 20.7 Å². The van der Waals surface area contributed by atoms with E-state index >= 15 is 0 Å². The van der Waals surface area contributed by atoms with E-state index in [4.69, 9.17) is 4.74 Å². The third kappa shape index (κ3) is 4.54. The Kier molecular flexibility index (Phi) is 6.37. The minimum absolute atomic E-state index is 0.236. The number of thioether (sulfide) groups is 1. The molecule has 0 heterocycles. The van der Waals surface area contributed by atoms with Gasteiger partial charge in [-0.1, -0.05) is 0 Å². The normalized spacial score (nSPS) is 10.5. The molecule has 0 saturated heterocycles. The molecule has 0 spiro atoms. The number of hydrogen-bond acceptors (Lipinski definition) is 3. The van der Waals surface area contributed by atoms with Gasteiger partial charge in [0, 0.05) is 0 Å². The summed E-state index contributed by atoms with van der Waals surface area (Å²) in [6.07, 6.45) is 2.07. The zero-order valence-corrected chi connectivity index (χ0v) is 15.1. The number of carboxylic acids is 1. The van der Waals surface area contributed by atoms with Crippen molar-refractivity contribution in [3.63, 3.8) is 0 Å². The molecule has 0 amide bonds. The van der Waals surface area contributed by atoms with E-state index in [1.54, 1.807) is 23.9 Å². The van der Waals surface area contributed by atoms with Gasteiger partial charge < -0.3 is 0 Å². The van der Waals surface area contributed by atoms with E-state index in [2.05, 4.69) is 30.5 Å². The zero-order chi connectivity index (χ0) is 15.9. The molecule has 0 bridgehead atoms. The summed E-state index contributed by atoms with van der Waals surface area (Å²) in [4.78, 5) is 12.5. The quantitative estimate of drug-likeness (QED) is 0.589. The summed E-state index contributed by atoms with van der Waals surface area (Å²) in [5.41, 5.74) is 2.63. The SMILES string of the molecule is COc1ccc(C[Se]Cc2ccc(SC)cc2)cc1C(=O)O. The van der Waals surface area contributed by atoms with E-state index in [0.717, 1.165) is 16.2 Å². The van der Waals surface area contributed by atoms with Crippen LogP contribution in [0.25, 0.3) is 0 Å². The van der Waals surface area contributed by atoms with Gasteiger partial charge in [-0.05, 0) is 0 Å². The maximum absolute atomic E-state index is 11.2. The van der Waals surface area contributed by atoms with Crippen molar-refractivity contribution in [2.24, 2.45) is 0 Å². The van der Waals surface area contributed by atoms with Crippen LogP contribution in [0.1, 0.15) is 21.5 Å². The Bertz CT molecular complexity index is 641. The number of rotatable bonds is 7. The molecule has 3 nitrogen and oxygen atoms in total. The molecule has 0 aliphatic heterocycles. The Morgan fingerprint density at radius 1 is 1.14 bits per heavy atom. The fourth-order valence-corrected chi connectivity index (χ4v) is 4.41. The first kappa shape index (κ1) is 16.9. The predicted octanol–water partition coefficient (Wildman–Crippen LogP) is 3.52. The third-order valence-electron chi connectivity index (χ3n) is 3.19. The van der Waals surface area contributed by atoms with Gasteiger partial charge in [0.1, 0.15) is 0 Å². The van der Waals surface area contributed by atoms with Gasteiger partial charge in [0.2, 0.25) is 0 Å². The van der Waals surface area contributed by atoms with Gasteiger partial charge in [0.25, 0.3) is 0 Å². The molecule has 2 rings (SSSR count). The fourth-order valence-electron chi connectivity index (χ4n) is 2.02. The second-order valence-electron chi connectivity index (χ2n) is 4.68. The Hall–Kier alpha value is -1.42. The molecule has 0 aromatic heterocycles. The number of hydrogen-bond donors (Lipinski definition) is 1. The molecule has 0 unspecified atom stereocenters. The second-order valence-corrected chi connectivity index (χ2v) is 7.63. The van der Waals surface area contributed by atoms with Gasteiger partial charge in [0.15, 0.2) is 0 Å². The van der Waals surface area contributed by atoms with Crippen molar-refractivity contribution in [1.29, 1.82) is 0 Å². The summed E-state index contributed by atoms with van der Waals surface area (Å²) in [7, 11) is 1.49. The molecule has 2 aromatic carbocycles. The van der Waals surface area contributed by atoms with Crippen LogP contribution in [0, 0.1) is 0 Å². The molecular weight excluding hydrogens is 363 g/mol. The van der Waals surface area contributed by atoms with Crippen molar-refractivity contribution < 1.29 is 14.6 Å². The van der Waals surface area contributed by atoms with Crippen LogP contribution in [0.15, 0.2) is 47.4 Å². The fraction of sp³-hybridized carbons (Fsp3) is 0.235. The van der Waals surface area contributed by atoms with Crippen molar-refractivity contribution in [3.05, 3.63) is 59.2 Å². The summed E-state index contributed by atoms with van der Waals surface area (Å²) in [6, 6.07) is 14.0. The van der Waals surface area contributed by atoms with E-state index in [1.165, 1.54) is 17.6 Å². The van der Waals surface area contributed by atoms with Gasteiger partial charge >= 0.3 is 141 Å². The Morgan fingerprint density at radius 3 is 2.36 bits per heavy atom. The van der Waals surface area contributed by atoms with Crippen LogP contribution >= 0.6 is 11.8 Å². The Morgan fingerprint density at radius 2 is 1.77 bits per heavy atom. The van der Waals surface area contributed by atoms with Gasteiger partial charge in [-0.2, -0.15) is 0 Å². The predicted molar refractivity (Wildman–Crippen MR) is 91.3 cm³/mol. The van der Waals surface area contributed by atoms with Crippen LogP contribution in [0.5, 0.6) is 5.75 Å². The number of aromatic carboxylic acids is 1. The van der Waals surface area contributed by atoms with Crippen molar-refractivity contribution >= 4 is 32.7 Å². The van der Waals surface area contributed by atoms with Crippen LogP contribution in [0.2, 0.25) is 0 Å². The van der Waals surface area contributed by atoms with Crippen LogP contribution in [0.4, 0.5) is 0 Å². The molecule has 0 radical (unpaired) electrons. The number of ether oxygens (including phenoxy) is 1. The topological polar surface area (TPSA) is 46.5 Å². The molecular formula is C17H18O3SSe. The van der Waals surface area contributed by atoms with Crippen LogP contribution in [0.3, 0.4) is 0 Å². The zero-order valence-electron chi connectivity index (χ0n) is 12.5. The minimum atomic E-state index is -0.946. The summed E-state index contributed by atoms with van der Waals surface area (Å²) < 4.78 is 5.08. The van der Waals surface area contributed by atoms with Crippen molar-refractivity contribution in [2.75, 3.05) is 13.4 Å². The number of carbonyl (C=O) groups is 1. The van der Waals surface area contributed by atoms with Crippen LogP contribution in [-0.2, 0) is 10.6 Å². The number of methoxy groups -OCH3 is 1. The molecule has 116 valence electrons. The average Bonchev–Trinajstić information content (AvgIpc) is 2.55. The first-order chi connectivity index (χ1) is 10.6. The molecule has 0 aliphatic rings. The second kappa shape index (κ2) is 8.27. The molecule has 0 aliphatic carbocycles. The molecule has 0 fully saturated rings. The maximum atomic E-state index is 11.2. The van der Waals surface area contributed by atoms with Gasteiger partial charge in [0.05, 0.1) is 0 Å². The Balaban J connectivity index is 1.96. The van der Waals surface area contributed by atoms with Gasteiger partial charge in [-0.25, -0.2) is 0 Å². The summed E-state index contributed by atoms with van der Waals surface area (Å²) in [6.45, 7) is 0. The Labute approximate surface area is 141 Å². The molecule has 5 heteroatoms. The van der Waals surface area contributed by atoms with Crippen LogP contribution < -0.4 is 4.74 Å². The van der Waals surface area contributed by atoms with E-state index in [1.807, 2.05) is 6.07 Å². The summed E-state index contributed by atoms with van der Waals surface area (Å²) >= 11 is 2.15. The molecule has 1 N–H and O–H groups in total. The average molecular weight is 381 g/mol. The summed E-state index contributed by atoms with van der Waals surface area (Å²) in [5, 5.41) is 11.2. The third-order valence-corrected chi connectivity index (χ3v) is 6.19. The molecule has 22 heavy (non-hydrogen) atoms. The number of carboxylic acid groups (broad SMARTS) is 1. The van der Waals surface area contributed by atoms with Crippen molar-refractivity contribution in [2.45, 2.75) is 15.5 Å². The first-order valence-electron chi connectivity index (χ1n) is 6.75. The van der Waals surface area contributed by atoms with Gasteiger partial charge in [-0.15, -0.1) is 0 Å². The standard InChI is InChI=1S/C17H18O3SSe/c1-20-16-8-5-13(9-15(16)17(18)19)11-22-10-12-3-6-14(21-2)7-4-12/h3-9H,10-11H2,1-2H3,(H,18,19). The van der Waals surface area contributed by atoms with Crippen molar-refractivity contribution in [3.8, 4) is 5.75 Å². The first-order valence-corrected chi connectivity index (χ1v) is 10.4. The molecule has 0 atom stereocenters. The molecule has 0 saturated carbocycles. The summed E-state index contributed by atoms with van der Waals surface area (Å²) in [5.74, 6) is -0.532. The number of benzene rings is 2. The van der Waals surface area contributed by atoms with Crippen molar-refractivity contribution in [1.82, 2.24) is 0 Å².